The highest BCUT2D eigenvalue weighted by Crippen LogP contribution is 2.57. The van der Waals surface area contributed by atoms with E-state index in [1.54, 1.807) is 0 Å². The first-order valence-electron chi connectivity index (χ1n) is 10.7. The topological polar surface area (TPSA) is 371 Å². The van der Waals surface area contributed by atoms with Gasteiger partial charge in [-0.05, 0) is 0 Å². The molecule has 2 aromatic rings. The Kier molecular flexibility index (Phi) is 11.6. The molecular formula is C16H27N5O17P2. The Labute approximate surface area is 221 Å². The van der Waals surface area contributed by atoms with Crippen molar-refractivity contribution in [3.05, 3.63) is 16.7 Å². The van der Waals surface area contributed by atoms with E-state index in [9.17, 15) is 33.8 Å². The van der Waals surface area contributed by atoms with Crippen molar-refractivity contribution in [2.45, 2.75) is 42.9 Å². The number of rotatable bonds is 11. The Morgan fingerprint density at radius 3 is 2.35 bits per heavy atom. The Hall–Kier alpha value is -2.24. The number of ketones is 1. The number of nitrogens with zero attached hydrogens (tertiary/aromatic N) is 3. The molecule has 0 aliphatic carbocycles. The zero-order valence-electron chi connectivity index (χ0n) is 19.9. The van der Waals surface area contributed by atoms with Gasteiger partial charge in [0.15, 0.2) is 23.2 Å². The zero-order valence-corrected chi connectivity index (χ0v) is 21.7. The molecule has 1 fully saturated rings. The number of nitrogen functional groups attached to an aromatic ring is 1. The number of carbonyl (C=O) groups is 1. The lowest BCUT2D eigenvalue weighted by molar-refractivity contribution is -0.142. The molecule has 22 nitrogen and oxygen atoms in total. The van der Waals surface area contributed by atoms with Gasteiger partial charge in [0, 0.05) is 0 Å². The Morgan fingerprint density at radius 1 is 1.18 bits per heavy atom. The van der Waals surface area contributed by atoms with Crippen LogP contribution in [0.4, 0.5) is 5.95 Å². The van der Waals surface area contributed by atoms with Gasteiger partial charge in [-0.3, -0.25) is 23.7 Å². The summed E-state index contributed by atoms with van der Waals surface area (Å²) >= 11 is 0. The number of aromatic amines is 1. The molecule has 13 N–H and O–H groups in total. The summed E-state index contributed by atoms with van der Waals surface area (Å²) in [7, 11) is -10.5. The van der Waals surface area contributed by atoms with Crippen LogP contribution in [-0.4, -0.2) is 132 Å². The lowest BCUT2D eigenvalue weighted by Gasteiger charge is -2.19. The van der Waals surface area contributed by atoms with E-state index >= 15 is 0 Å². The average Bonchev–Trinajstić information content (AvgIpc) is 3.40. The fourth-order valence-electron chi connectivity index (χ4n) is 3.15. The number of phosphoric acid groups is 2. The normalized spacial score (nSPS) is 25.1. The fraction of sp³-hybridized carbons (Fsp3) is 0.625. The maximum Gasteiger partial charge on any atom is 0.481 e. The second kappa shape index (κ2) is 13.6. The Bertz CT molecular complexity index is 1310. The highest BCUT2D eigenvalue weighted by Gasteiger charge is 2.46. The van der Waals surface area contributed by atoms with E-state index in [0.29, 0.717) is 0 Å². The van der Waals surface area contributed by atoms with Gasteiger partial charge in [0.1, 0.15) is 43.2 Å². The number of carbonyl (C=O) groups excluding carboxylic acids is 1. The number of aliphatic hydroxyl groups is 7. The first-order chi connectivity index (χ1) is 18.4. The van der Waals surface area contributed by atoms with Crippen LogP contribution in [0.25, 0.3) is 11.2 Å². The number of phosphoric ester groups is 1. The molecular weight excluding hydrogens is 596 g/mol. The lowest BCUT2D eigenvalue weighted by Crippen LogP contribution is -2.44. The van der Waals surface area contributed by atoms with E-state index in [4.69, 9.17) is 45.8 Å². The van der Waals surface area contributed by atoms with Gasteiger partial charge < -0.3 is 60.9 Å². The number of fused-ring (bicyclic) bond motifs is 1. The summed E-state index contributed by atoms with van der Waals surface area (Å²) in [4.78, 5) is 58.6. The molecule has 1 saturated heterocycles. The third kappa shape index (κ3) is 8.63. The number of anilines is 1. The number of hydrogen-bond donors (Lipinski definition) is 12. The van der Waals surface area contributed by atoms with Gasteiger partial charge in [0.2, 0.25) is 5.95 Å². The quantitative estimate of drug-likeness (QED) is 0.104. The molecule has 0 bridgehead atoms. The second-order valence-corrected chi connectivity index (χ2v) is 10.8. The molecule has 1 aliphatic heterocycles. The van der Waals surface area contributed by atoms with Gasteiger partial charge >= 0.3 is 15.6 Å². The molecule has 2 aromatic heterocycles. The highest BCUT2D eigenvalue weighted by atomic mass is 31.3. The van der Waals surface area contributed by atoms with Crippen molar-refractivity contribution in [1.82, 2.24) is 19.5 Å². The Morgan fingerprint density at radius 2 is 1.80 bits per heavy atom. The number of Topliss-reactive ketones (excluding diaryl/α,β-unsaturated/α-hetero) is 1. The van der Waals surface area contributed by atoms with Crippen LogP contribution in [0.3, 0.4) is 0 Å². The molecule has 3 rings (SSSR count). The summed E-state index contributed by atoms with van der Waals surface area (Å²) in [6, 6.07) is 0. The summed E-state index contributed by atoms with van der Waals surface area (Å²) < 4.78 is 36.6. The number of aromatic nitrogens is 4. The maximum atomic E-state index is 11.8. The summed E-state index contributed by atoms with van der Waals surface area (Å²) in [6.45, 7) is -2.56. The number of H-pyrrole nitrogens is 1. The molecule has 8 atom stereocenters. The molecule has 0 saturated carbocycles. The van der Waals surface area contributed by atoms with Gasteiger partial charge in [-0.25, -0.2) is 14.1 Å². The first kappa shape index (κ1) is 34.0. The van der Waals surface area contributed by atoms with E-state index in [0.717, 1.165) is 10.9 Å². The number of hydrogen-bond acceptors (Lipinski definition) is 17. The van der Waals surface area contributed by atoms with Crippen molar-refractivity contribution in [2.24, 2.45) is 0 Å². The van der Waals surface area contributed by atoms with Crippen LogP contribution in [-0.2, 0) is 27.5 Å². The molecule has 0 radical (unpaired) electrons. The van der Waals surface area contributed by atoms with Crippen LogP contribution < -0.4 is 11.3 Å². The number of nitrogens with one attached hydrogen (secondary N) is 1. The smallest absolute Gasteiger partial charge is 0.394 e. The van der Waals surface area contributed by atoms with Crippen LogP contribution in [0, 0.1) is 0 Å². The largest absolute Gasteiger partial charge is 0.481 e. The van der Waals surface area contributed by atoms with Gasteiger partial charge in [-0.2, -0.15) is 9.29 Å². The standard InChI is InChI=1S/C10H15N5O11P2.C6H12O6/c11-10-13-7-4(8(18)14-10)12-2-15(7)9-6(17)5(16)3(25-9)1-24-28(22,23)26-27(19,20)21;7-1-3(9)5(11)6(12)4(10)2-8/h2-3,5-6,9,16-17H,1H2,(H,22,23)(H2,19,20,21)(H3,11,13,14,18);3,5-9,11-12H,1-2H2/t3-,5-,6-,9-;3-,5-,6-/m11/s1. The first-order valence-corrected chi connectivity index (χ1v) is 13.7. The monoisotopic (exact) mass is 623 g/mol. The van der Waals surface area contributed by atoms with E-state index in [-0.39, 0.29) is 17.1 Å². The van der Waals surface area contributed by atoms with Crippen LogP contribution in [0.5, 0.6) is 0 Å². The molecule has 3 heterocycles. The molecule has 0 spiro atoms. The molecule has 40 heavy (non-hydrogen) atoms. The third-order valence-electron chi connectivity index (χ3n) is 5.06. The van der Waals surface area contributed by atoms with Crippen LogP contribution >= 0.6 is 15.6 Å². The predicted octanol–water partition coefficient (Wildman–Crippen LogP) is -5.83. The Balaban J connectivity index is 0.000000395. The minimum absolute atomic E-state index is 0.0586. The minimum Gasteiger partial charge on any atom is -0.394 e. The van der Waals surface area contributed by atoms with Crippen LogP contribution in [0.15, 0.2) is 11.1 Å². The highest BCUT2D eigenvalue weighted by molar-refractivity contribution is 7.60. The zero-order chi connectivity index (χ0) is 30.6. The van der Waals surface area contributed by atoms with E-state index < -0.39 is 89.7 Å². The number of nitrogens with two attached hydrogens (primary N) is 1. The molecule has 0 amide bonds. The van der Waals surface area contributed by atoms with Crippen molar-refractivity contribution < 1.29 is 77.9 Å². The van der Waals surface area contributed by atoms with Crippen molar-refractivity contribution in [2.75, 3.05) is 25.6 Å². The van der Waals surface area contributed by atoms with Gasteiger partial charge in [0.25, 0.3) is 5.56 Å². The van der Waals surface area contributed by atoms with Gasteiger partial charge in [0.05, 0.1) is 19.5 Å². The minimum atomic E-state index is -5.32. The van der Waals surface area contributed by atoms with Crippen LogP contribution in [0.1, 0.15) is 6.23 Å². The number of aliphatic hydroxyl groups excluding tert-OH is 7. The molecule has 1 unspecified atom stereocenters. The second-order valence-electron chi connectivity index (χ2n) is 7.97. The summed E-state index contributed by atoms with van der Waals surface area (Å²) in [5.41, 5.74) is 4.65. The third-order valence-corrected chi connectivity index (χ3v) is 7.22. The maximum absolute atomic E-state index is 11.8. The van der Waals surface area contributed by atoms with E-state index in [1.807, 2.05) is 0 Å². The number of imidazole rings is 1. The summed E-state index contributed by atoms with van der Waals surface area (Å²) in [5, 5.41) is 63.3. The summed E-state index contributed by atoms with van der Waals surface area (Å²) in [6.07, 6.45) is -10.1. The van der Waals surface area contributed by atoms with E-state index in [1.165, 1.54) is 0 Å². The predicted molar refractivity (Wildman–Crippen MR) is 125 cm³/mol. The number of ether oxygens (including phenoxy) is 1. The van der Waals surface area contributed by atoms with Crippen molar-refractivity contribution in [3.8, 4) is 0 Å². The van der Waals surface area contributed by atoms with Crippen molar-refractivity contribution in [1.29, 1.82) is 0 Å². The van der Waals surface area contributed by atoms with Gasteiger partial charge in [-0.15, -0.1) is 0 Å². The van der Waals surface area contributed by atoms with Crippen LogP contribution in [0.2, 0.25) is 0 Å². The van der Waals surface area contributed by atoms with Gasteiger partial charge in [-0.1, -0.05) is 0 Å². The lowest BCUT2D eigenvalue weighted by atomic mass is 10.1. The average molecular weight is 623 g/mol. The molecule has 228 valence electrons. The molecule has 24 heteroatoms. The van der Waals surface area contributed by atoms with Crippen molar-refractivity contribution in [3.63, 3.8) is 0 Å². The van der Waals surface area contributed by atoms with E-state index in [2.05, 4.69) is 23.8 Å². The van der Waals surface area contributed by atoms with Crippen molar-refractivity contribution >= 4 is 38.5 Å². The molecule has 0 aromatic carbocycles. The molecule has 1 aliphatic rings. The fourth-order valence-corrected chi connectivity index (χ4v) is 4.75. The summed E-state index contributed by atoms with van der Waals surface area (Å²) in [5.74, 6) is -1.24. The SMILES string of the molecule is Nc1nc2c(ncn2[C@@H]2O[C@H](COP(=O)(O)OP(=O)(O)O)[C@@H](O)[C@H]2O)c(=O)[nH]1.O=C(CO)[C@@H](O)[C@H](O)[C@H](O)CO.